The molecule has 0 fully saturated rings. The maximum absolute atomic E-state index is 3.55. The van der Waals surface area contributed by atoms with Gasteiger partial charge in [-0.15, -0.1) is 34.0 Å². The largest absolute Gasteiger partial charge is 0.308 e. The van der Waals surface area contributed by atoms with Gasteiger partial charge in [-0.25, -0.2) is 0 Å². The molecule has 0 N–H and O–H groups in total. The highest BCUT2D eigenvalue weighted by atomic mass is 79.9. The number of benzene rings is 15. The highest BCUT2D eigenvalue weighted by Crippen LogP contribution is 2.47. The molecule has 0 bridgehead atoms. The fourth-order valence-corrected chi connectivity index (χ4v) is 21.9. The third-order valence-electron chi connectivity index (χ3n) is 22.1. The van der Waals surface area contributed by atoms with E-state index in [1.54, 1.807) is 0 Å². The number of hydrogen-bond acceptors (Lipinski definition) is 3. The molecular weight excluding hydrogens is 1470 g/mol. The van der Waals surface area contributed by atoms with Gasteiger partial charge in [0, 0.05) is 99.4 Å². The van der Waals surface area contributed by atoms with Crippen molar-refractivity contribution in [3.8, 4) is 22.5 Å². The van der Waals surface area contributed by atoms with Crippen LogP contribution in [0.15, 0.2) is 312 Å². The van der Waals surface area contributed by atoms with Crippen molar-refractivity contribution >= 4 is 216 Å². The summed E-state index contributed by atoms with van der Waals surface area (Å²) < 4.78 is 15.4. The van der Waals surface area contributed by atoms with E-state index >= 15 is 0 Å². The minimum absolute atomic E-state index is 0.0543. The predicted molar refractivity (Wildman–Crippen MR) is 474 cm³/mol. The Morgan fingerprint density at radius 3 is 1.05 bits per heavy atom. The fourth-order valence-electron chi connectivity index (χ4n) is 17.7. The lowest BCUT2D eigenvalue weighted by atomic mass is 9.35. The van der Waals surface area contributed by atoms with E-state index in [4.69, 9.17) is 0 Å². The summed E-state index contributed by atoms with van der Waals surface area (Å²) in [6, 6.07) is 112. The van der Waals surface area contributed by atoms with Crippen molar-refractivity contribution in [1.82, 2.24) is 9.13 Å². The summed E-state index contributed by atoms with van der Waals surface area (Å²) in [6.45, 7) is 13.7. The number of nitrogens with zero attached hydrogens (tertiary/aromatic N) is 2. The second-order valence-corrected chi connectivity index (χ2v) is 33.7. The lowest BCUT2D eigenvalue weighted by molar-refractivity contribution is 1.19. The number of halogens is 2. The highest BCUT2D eigenvalue weighted by molar-refractivity contribution is 9.10. The first-order valence-corrected chi connectivity index (χ1v) is 40.5. The Kier molecular flexibility index (Phi) is 16.8. The van der Waals surface area contributed by atoms with Crippen molar-refractivity contribution in [3.05, 3.63) is 357 Å². The Balaban J connectivity index is 0.000000141. The van der Waals surface area contributed by atoms with Gasteiger partial charge in [-0.2, -0.15) is 0 Å². The second kappa shape index (κ2) is 26.9. The van der Waals surface area contributed by atoms with Gasteiger partial charge in [0.25, 0.3) is 0 Å². The van der Waals surface area contributed by atoms with Crippen molar-refractivity contribution < 1.29 is 0 Å². The van der Waals surface area contributed by atoms with Crippen LogP contribution in [-0.2, 0) is 6.42 Å². The molecule has 0 amide bonds. The molecule has 9 heteroatoms. The quantitative estimate of drug-likeness (QED) is 0.134. The molecule has 0 atom stereocenters. The lowest BCUT2D eigenvalue weighted by Crippen LogP contribution is -2.54. The minimum atomic E-state index is 0.0543. The van der Waals surface area contributed by atoms with Crippen LogP contribution in [0.3, 0.4) is 0 Å². The third-order valence-corrected chi connectivity index (χ3v) is 26.8. The van der Waals surface area contributed by atoms with E-state index in [1.165, 1.54) is 204 Å². The fraction of sp³-hybridized carbons (Fsp3) is 0.0722. The first-order chi connectivity index (χ1) is 51.9. The SMILES string of the molecule is Cc1cc(C)c(B(c2ccc(-n3c4ccccc4c4ccc5c6ccccc6sc5c43)cc2)c2ccc(-n3c4ccccc4c4ccc5c6ccccc6sc5c43)cc2)c(C)c1.Cc1cc(C)c(B(c2ccc(Br)cc2)c2ccc(Br)cc2)c(C)c1.c1ccc2c(c1)Cc1c-2ccc2c1sc1ccccc12. The van der Waals surface area contributed by atoms with Crippen LogP contribution in [0.4, 0.5) is 0 Å². The molecule has 21 rings (SSSR count). The van der Waals surface area contributed by atoms with Gasteiger partial charge in [-0.05, 0) is 143 Å². The molecule has 506 valence electrons. The molecule has 106 heavy (non-hydrogen) atoms. The van der Waals surface area contributed by atoms with E-state index in [0.717, 1.165) is 15.4 Å². The Morgan fingerprint density at radius 1 is 0.292 bits per heavy atom. The highest BCUT2D eigenvalue weighted by Gasteiger charge is 2.29. The zero-order chi connectivity index (χ0) is 71.6. The lowest BCUT2D eigenvalue weighted by Gasteiger charge is -2.22. The van der Waals surface area contributed by atoms with Gasteiger partial charge in [0.1, 0.15) is 0 Å². The van der Waals surface area contributed by atoms with E-state index in [2.05, 4.69) is 386 Å². The minimum Gasteiger partial charge on any atom is -0.308 e. The van der Waals surface area contributed by atoms with Crippen molar-refractivity contribution in [2.45, 2.75) is 48.0 Å². The number of thiophene rings is 3. The van der Waals surface area contributed by atoms with E-state index in [9.17, 15) is 0 Å². The van der Waals surface area contributed by atoms with E-state index in [1.807, 2.05) is 34.0 Å². The molecule has 0 aliphatic heterocycles. The van der Waals surface area contributed by atoms with Crippen molar-refractivity contribution in [3.63, 3.8) is 0 Å². The maximum Gasteiger partial charge on any atom is 0.241 e. The Hall–Kier alpha value is -10.4. The molecular formula is C97H70B2Br2N2S3. The van der Waals surface area contributed by atoms with Crippen LogP contribution >= 0.6 is 65.9 Å². The smallest absolute Gasteiger partial charge is 0.241 e. The zero-order valence-electron chi connectivity index (χ0n) is 59.6. The van der Waals surface area contributed by atoms with Gasteiger partial charge < -0.3 is 9.13 Å². The van der Waals surface area contributed by atoms with Gasteiger partial charge in [0.2, 0.25) is 13.4 Å². The van der Waals surface area contributed by atoms with Crippen molar-refractivity contribution in [2.24, 2.45) is 0 Å². The summed E-state index contributed by atoms with van der Waals surface area (Å²) in [6.07, 6.45) is 1.08. The molecule has 1 aliphatic rings. The first-order valence-electron chi connectivity index (χ1n) is 36.4. The standard InChI is InChI=1S/C57H39BN2S2.C21H19BBr2.C19H12S/c1-34-32-35(2)53(36(3)33-34)58(37-20-24-39(25-21-37)59-49-16-8-4-12-41(49)45-28-30-47-43-14-6-10-18-51(43)61-56(47)54(45)59)38-22-26-40(27-23-38)60-50-17-9-5-13-42(50)46-29-31-48-44-15-7-11-19-52(44)62-57(48)55(46)60;1-14-12-15(2)21(16(3)13-14)22(17-4-8-19(23)9-5-17)18-6-10-20(24)11-7-18;1-2-6-13-12(5-1)11-17-14(13)9-10-16-15-7-3-4-8-18(15)20-19(16)17/h4-33H,1-3H3;4-13H,1-3H3;1-10H,11H2. The molecule has 0 spiro atoms. The number of fused-ring (bicyclic) bond motifs is 21. The normalized spacial score (nSPS) is 11.9. The molecule has 0 saturated carbocycles. The number of rotatable bonds is 8. The Labute approximate surface area is 646 Å². The van der Waals surface area contributed by atoms with Gasteiger partial charge >= 0.3 is 0 Å². The Bertz CT molecular complexity index is 6570. The van der Waals surface area contributed by atoms with E-state index in [0.29, 0.717) is 0 Å². The average molecular weight is 1540 g/mol. The third kappa shape index (κ3) is 11.3. The van der Waals surface area contributed by atoms with Crippen LogP contribution in [0.2, 0.25) is 0 Å². The average Bonchev–Trinajstić information content (AvgIpc) is 1.53. The maximum atomic E-state index is 3.55. The van der Waals surface area contributed by atoms with Gasteiger partial charge in [-0.1, -0.05) is 322 Å². The van der Waals surface area contributed by atoms with E-state index < -0.39 is 0 Å². The molecule has 0 saturated heterocycles. The summed E-state index contributed by atoms with van der Waals surface area (Å²) in [4.78, 5) is 0. The van der Waals surface area contributed by atoms with Crippen molar-refractivity contribution in [1.29, 1.82) is 0 Å². The summed E-state index contributed by atoms with van der Waals surface area (Å²) in [7, 11) is 0. The molecule has 0 unspecified atom stereocenters. The summed E-state index contributed by atoms with van der Waals surface area (Å²) in [5.41, 5.74) is 29.2. The van der Waals surface area contributed by atoms with Crippen LogP contribution in [0.5, 0.6) is 0 Å². The van der Waals surface area contributed by atoms with Crippen LogP contribution in [-0.4, -0.2) is 22.6 Å². The monoisotopic (exact) mass is 1540 g/mol. The second-order valence-electron chi connectivity index (χ2n) is 28.8. The Morgan fingerprint density at radius 2 is 0.623 bits per heavy atom. The first kappa shape index (κ1) is 66.3. The number of aryl methyl sites for hydroxylation is 6. The molecule has 0 radical (unpaired) electrons. The number of para-hydroxylation sites is 2. The number of hydrogen-bond donors (Lipinski definition) is 0. The molecule has 2 nitrogen and oxygen atoms in total. The van der Waals surface area contributed by atoms with Gasteiger partial charge in [0.15, 0.2) is 0 Å². The molecule has 15 aromatic carbocycles. The van der Waals surface area contributed by atoms with Gasteiger partial charge in [0.05, 0.1) is 31.5 Å². The van der Waals surface area contributed by atoms with Gasteiger partial charge in [-0.3, -0.25) is 0 Å². The number of aromatic nitrogens is 2. The van der Waals surface area contributed by atoms with Crippen LogP contribution < -0.4 is 32.8 Å². The molecule has 5 aromatic heterocycles. The van der Waals surface area contributed by atoms with Crippen LogP contribution in [0.1, 0.15) is 44.5 Å². The van der Waals surface area contributed by atoms with Crippen LogP contribution in [0.25, 0.3) is 127 Å². The van der Waals surface area contributed by atoms with Crippen LogP contribution in [0, 0.1) is 41.5 Å². The summed E-state index contributed by atoms with van der Waals surface area (Å²) in [5, 5.41) is 13.3. The summed E-state index contributed by atoms with van der Waals surface area (Å²) in [5.74, 6) is 0. The molecule has 1 aliphatic carbocycles. The zero-order valence-corrected chi connectivity index (χ0v) is 65.2. The predicted octanol–water partition coefficient (Wildman–Crippen LogP) is 24.3. The molecule has 5 heterocycles. The van der Waals surface area contributed by atoms with Crippen molar-refractivity contribution in [2.75, 3.05) is 0 Å². The summed E-state index contributed by atoms with van der Waals surface area (Å²) >= 11 is 12.8. The molecule has 20 aromatic rings. The van der Waals surface area contributed by atoms with E-state index in [-0.39, 0.29) is 13.4 Å². The topological polar surface area (TPSA) is 9.86 Å².